The number of hydrogen-bond donors (Lipinski definition) is 1. The summed E-state index contributed by atoms with van der Waals surface area (Å²) in [6, 6.07) is 13.7. The number of hydrogen-bond acceptors (Lipinski definition) is 3. The van der Waals surface area contributed by atoms with Crippen molar-refractivity contribution in [2.24, 2.45) is 0 Å². The lowest BCUT2D eigenvalue weighted by atomic mass is 10.1. The van der Waals surface area contributed by atoms with Crippen LogP contribution in [0, 0.1) is 12.7 Å². The van der Waals surface area contributed by atoms with E-state index < -0.39 is 11.9 Å². The fraction of sp³-hybridized carbons (Fsp3) is 0.158. The Hall–Kier alpha value is -2.99. The highest BCUT2D eigenvalue weighted by Gasteiger charge is 2.20. The van der Waals surface area contributed by atoms with Gasteiger partial charge in [0.15, 0.2) is 6.10 Å². The summed E-state index contributed by atoms with van der Waals surface area (Å²) >= 11 is 0. The number of ether oxygens (including phenoxy) is 1. The largest absolute Gasteiger partial charge is 0.367 e. The molecule has 2 aromatic carbocycles. The van der Waals surface area contributed by atoms with E-state index in [-0.39, 0.29) is 5.91 Å². The first-order valence-corrected chi connectivity index (χ1v) is 7.78. The van der Waals surface area contributed by atoms with Gasteiger partial charge in [0.2, 0.25) is 0 Å². The molecule has 0 bridgehead atoms. The molecule has 6 heteroatoms. The van der Waals surface area contributed by atoms with Gasteiger partial charge in [-0.1, -0.05) is 30.3 Å². The van der Waals surface area contributed by atoms with Gasteiger partial charge in [0.05, 0.1) is 5.69 Å². The molecule has 3 rings (SSSR count). The van der Waals surface area contributed by atoms with E-state index in [1.165, 1.54) is 13.2 Å². The molecule has 0 fully saturated rings. The number of anilines is 1. The third-order valence-corrected chi connectivity index (χ3v) is 3.88. The van der Waals surface area contributed by atoms with E-state index >= 15 is 0 Å². The number of methoxy groups -OCH3 is 1. The summed E-state index contributed by atoms with van der Waals surface area (Å²) in [7, 11) is 1.46. The van der Waals surface area contributed by atoms with Crippen LogP contribution in [0.2, 0.25) is 0 Å². The van der Waals surface area contributed by atoms with Crippen molar-refractivity contribution in [3.8, 4) is 5.69 Å². The van der Waals surface area contributed by atoms with E-state index in [4.69, 9.17) is 4.74 Å². The number of aryl methyl sites for hydroxylation is 1. The van der Waals surface area contributed by atoms with E-state index in [1.54, 1.807) is 48.1 Å². The van der Waals surface area contributed by atoms with Crippen molar-refractivity contribution in [2.75, 3.05) is 12.4 Å². The van der Waals surface area contributed by atoms with Crippen molar-refractivity contribution in [1.82, 2.24) is 9.55 Å². The molecule has 128 valence electrons. The van der Waals surface area contributed by atoms with E-state index in [0.29, 0.717) is 17.2 Å². The van der Waals surface area contributed by atoms with Gasteiger partial charge in [0.25, 0.3) is 5.91 Å². The van der Waals surface area contributed by atoms with Gasteiger partial charge in [-0.05, 0) is 30.7 Å². The molecule has 5 nitrogen and oxygen atoms in total. The Balaban J connectivity index is 1.80. The maximum Gasteiger partial charge on any atom is 0.258 e. The smallest absolute Gasteiger partial charge is 0.258 e. The lowest BCUT2D eigenvalue weighted by Crippen LogP contribution is -2.22. The summed E-state index contributed by atoms with van der Waals surface area (Å²) in [5, 5.41) is 2.69. The number of aromatic nitrogens is 2. The van der Waals surface area contributed by atoms with Crippen LogP contribution in [0.4, 0.5) is 10.1 Å². The molecule has 1 heterocycles. The minimum absolute atomic E-state index is 0.361. The number of nitrogens with one attached hydrogen (secondary N) is 1. The van der Waals surface area contributed by atoms with Crippen LogP contribution in [-0.2, 0) is 9.53 Å². The minimum Gasteiger partial charge on any atom is -0.367 e. The molecule has 0 spiro atoms. The zero-order valence-corrected chi connectivity index (χ0v) is 13.9. The van der Waals surface area contributed by atoms with Gasteiger partial charge in [-0.2, -0.15) is 0 Å². The van der Waals surface area contributed by atoms with Crippen molar-refractivity contribution in [2.45, 2.75) is 13.0 Å². The van der Waals surface area contributed by atoms with Gasteiger partial charge in [-0.3, -0.25) is 4.79 Å². The molecule has 0 aliphatic carbocycles. The van der Waals surface area contributed by atoms with Gasteiger partial charge in [0.1, 0.15) is 11.6 Å². The molecule has 1 N–H and O–H groups in total. The van der Waals surface area contributed by atoms with Crippen molar-refractivity contribution >= 4 is 11.6 Å². The second-order valence-corrected chi connectivity index (χ2v) is 5.53. The van der Waals surface area contributed by atoms with E-state index in [0.717, 1.165) is 5.56 Å². The Labute approximate surface area is 145 Å². The highest BCUT2D eigenvalue weighted by molar-refractivity contribution is 5.95. The first kappa shape index (κ1) is 16.9. The summed E-state index contributed by atoms with van der Waals surface area (Å²) in [6.07, 6.45) is 2.52. The number of carbonyl (C=O) groups excluding carboxylic acids is 1. The predicted octanol–water partition coefficient (Wildman–Crippen LogP) is 3.65. The number of halogens is 1. The average molecular weight is 339 g/mol. The van der Waals surface area contributed by atoms with E-state index in [1.807, 2.05) is 18.2 Å². The highest BCUT2D eigenvalue weighted by Crippen LogP contribution is 2.22. The Bertz CT molecular complexity index is 877. The van der Waals surface area contributed by atoms with E-state index in [9.17, 15) is 9.18 Å². The Morgan fingerprint density at radius 1 is 1.24 bits per heavy atom. The van der Waals surface area contributed by atoms with Gasteiger partial charge in [-0.15, -0.1) is 0 Å². The first-order valence-electron chi connectivity index (χ1n) is 7.78. The van der Waals surface area contributed by atoms with Gasteiger partial charge >= 0.3 is 0 Å². The zero-order valence-electron chi connectivity index (χ0n) is 13.9. The first-order chi connectivity index (χ1) is 12.1. The van der Waals surface area contributed by atoms with Crippen molar-refractivity contribution in [1.29, 1.82) is 0 Å². The monoisotopic (exact) mass is 339 g/mol. The van der Waals surface area contributed by atoms with Crippen LogP contribution in [0.1, 0.15) is 17.5 Å². The maximum absolute atomic E-state index is 14.4. The third-order valence-electron chi connectivity index (χ3n) is 3.88. The lowest BCUT2D eigenvalue weighted by molar-refractivity contribution is -0.126. The van der Waals surface area contributed by atoms with Crippen LogP contribution in [-0.4, -0.2) is 22.6 Å². The molecule has 25 heavy (non-hydrogen) atoms. The Morgan fingerprint density at radius 3 is 2.60 bits per heavy atom. The molecule has 1 aromatic heterocycles. The number of rotatable bonds is 5. The maximum atomic E-state index is 14.4. The fourth-order valence-corrected chi connectivity index (χ4v) is 2.64. The Morgan fingerprint density at radius 2 is 2.00 bits per heavy atom. The zero-order chi connectivity index (χ0) is 17.8. The second kappa shape index (κ2) is 7.27. The summed E-state index contributed by atoms with van der Waals surface area (Å²) in [5.41, 5.74) is 1.47. The highest BCUT2D eigenvalue weighted by atomic mass is 19.1. The standard InChI is InChI=1S/C19H18FN3O2/c1-13-21-10-11-23(13)17-9-8-15(12-16(17)20)22-19(24)18(25-2)14-6-4-3-5-7-14/h3-12,18H,1-2H3,(H,22,24)/t18-/m1/s1. The topological polar surface area (TPSA) is 56.1 Å². The molecule has 0 aliphatic heterocycles. The number of carbonyl (C=O) groups is 1. The summed E-state index contributed by atoms with van der Waals surface area (Å²) in [5.74, 6) is -0.133. The van der Waals surface area contributed by atoms with Crippen LogP contribution >= 0.6 is 0 Å². The van der Waals surface area contributed by atoms with Gasteiger partial charge in [0, 0.05) is 25.2 Å². The predicted molar refractivity (Wildman–Crippen MR) is 93.1 cm³/mol. The van der Waals surface area contributed by atoms with Crippen molar-refractivity contribution in [3.05, 3.63) is 78.1 Å². The van der Waals surface area contributed by atoms with Crippen LogP contribution < -0.4 is 5.32 Å². The van der Waals surface area contributed by atoms with Crippen molar-refractivity contribution in [3.63, 3.8) is 0 Å². The molecule has 1 atom stereocenters. The van der Waals surface area contributed by atoms with Crippen LogP contribution in [0.25, 0.3) is 5.69 Å². The lowest BCUT2D eigenvalue weighted by Gasteiger charge is -2.16. The molecular formula is C19H18FN3O2. The summed E-state index contributed by atoms with van der Waals surface area (Å²) in [4.78, 5) is 16.5. The number of amides is 1. The number of benzene rings is 2. The molecule has 1 amide bonds. The van der Waals surface area contributed by atoms with Crippen LogP contribution in [0.15, 0.2) is 60.9 Å². The van der Waals surface area contributed by atoms with Crippen molar-refractivity contribution < 1.29 is 13.9 Å². The second-order valence-electron chi connectivity index (χ2n) is 5.53. The number of nitrogens with zero attached hydrogens (tertiary/aromatic N) is 2. The van der Waals surface area contributed by atoms with Gasteiger partial charge < -0.3 is 14.6 Å². The molecule has 0 unspecified atom stereocenters. The van der Waals surface area contributed by atoms with Crippen LogP contribution in [0.3, 0.4) is 0 Å². The summed E-state index contributed by atoms with van der Waals surface area (Å²) in [6.45, 7) is 1.79. The normalized spacial score (nSPS) is 12.0. The molecule has 0 radical (unpaired) electrons. The molecular weight excluding hydrogens is 321 g/mol. The fourth-order valence-electron chi connectivity index (χ4n) is 2.64. The van der Waals surface area contributed by atoms with E-state index in [2.05, 4.69) is 10.3 Å². The molecule has 0 saturated carbocycles. The SMILES string of the molecule is CO[C@@H](C(=O)Nc1ccc(-n2ccnc2C)c(F)c1)c1ccccc1. The Kier molecular flexibility index (Phi) is 4.90. The van der Waals surface area contributed by atoms with Gasteiger partial charge in [-0.25, -0.2) is 9.37 Å². The van der Waals surface area contributed by atoms with Crippen LogP contribution in [0.5, 0.6) is 0 Å². The molecule has 3 aromatic rings. The average Bonchev–Trinajstić information content (AvgIpc) is 3.02. The molecule has 0 aliphatic rings. The summed E-state index contributed by atoms with van der Waals surface area (Å²) < 4.78 is 21.3. The quantitative estimate of drug-likeness (QED) is 0.772. The molecule has 0 saturated heterocycles. The third kappa shape index (κ3) is 3.59. The minimum atomic E-state index is -0.764. The number of imidazole rings is 1.